The van der Waals surface area contributed by atoms with Gasteiger partial charge in [-0.2, -0.15) is 0 Å². The molecule has 0 aliphatic carbocycles. The van der Waals surface area contributed by atoms with Crippen LogP contribution < -0.4 is 24.8 Å². The fourth-order valence-electron chi connectivity index (χ4n) is 2.60. The summed E-state index contributed by atoms with van der Waals surface area (Å²) in [4.78, 5) is 12.0. The van der Waals surface area contributed by atoms with E-state index in [1.54, 1.807) is 7.11 Å². The lowest BCUT2D eigenvalue weighted by atomic mass is 10.1. The molecule has 146 valence electrons. The molecule has 0 aliphatic rings. The Morgan fingerprint density at radius 1 is 0.926 bits per heavy atom. The van der Waals surface area contributed by atoms with E-state index in [9.17, 15) is 4.79 Å². The highest BCUT2D eigenvalue weighted by atomic mass is 16.5. The second-order valence-electron chi connectivity index (χ2n) is 5.86. The third kappa shape index (κ3) is 6.73. The topological polar surface area (TPSA) is 68.8 Å². The van der Waals surface area contributed by atoms with Crippen molar-refractivity contribution in [1.29, 1.82) is 0 Å². The van der Waals surface area contributed by atoms with Crippen LogP contribution >= 0.6 is 0 Å². The highest BCUT2D eigenvalue weighted by Crippen LogP contribution is 2.28. The van der Waals surface area contributed by atoms with E-state index >= 15 is 0 Å². The van der Waals surface area contributed by atoms with Crippen molar-refractivity contribution in [2.75, 3.05) is 26.9 Å². The molecule has 0 atom stereocenters. The van der Waals surface area contributed by atoms with Crippen LogP contribution in [0, 0.1) is 0 Å². The third-order valence-corrected chi connectivity index (χ3v) is 3.89. The average molecular weight is 372 g/mol. The Labute approximate surface area is 160 Å². The first-order chi connectivity index (χ1) is 13.2. The molecule has 0 aromatic heterocycles. The summed E-state index contributed by atoms with van der Waals surface area (Å²) in [6.45, 7) is 6.03. The number of methoxy groups -OCH3 is 1. The second-order valence-corrected chi connectivity index (χ2v) is 5.86. The quantitative estimate of drug-likeness (QED) is 0.669. The molecule has 2 aromatic rings. The van der Waals surface area contributed by atoms with Crippen LogP contribution in [-0.2, 0) is 13.0 Å². The molecular formula is C21H28N2O4. The van der Waals surface area contributed by atoms with Gasteiger partial charge in [-0.25, -0.2) is 4.79 Å². The lowest BCUT2D eigenvalue weighted by Crippen LogP contribution is -2.36. The molecule has 0 unspecified atom stereocenters. The molecule has 2 amide bonds. The maximum atomic E-state index is 12.0. The Hall–Kier alpha value is -2.89. The predicted molar refractivity (Wildman–Crippen MR) is 106 cm³/mol. The first-order valence-electron chi connectivity index (χ1n) is 9.19. The summed E-state index contributed by atoms with van der Waals surface area (Å²) >= 11 is 0. The van der Waals surface area contributed by atoms with Crippen molar-refractivity contribution in [2.24, 2.45) is 0 Å². The second kappa shape index (κ2) is 11.0. The monoisotopic (exact) mass is 372 g/mol. The number of hydrogen-bond donors (Lipinski definition) is 2. The maximum absolute atomic E-state index is 12.0. The number of hydrogen-bond acceptors (Lipinski definition) is 4. The van der Waals surface area contributed by atoms with Gasteiger partial charge in [-0.1, -0.05) is 18.2 Å². The molecule has 0 radical (unpaired) electrons. The van der Waals surface area contributed by atoms with Gasteiger partial charge < -0.3 is 24.8 Å². The minimum Gasteiger partial charge on any atom is -0.497 e. The lowest BCUT2D eigenvalue weighted by Gasteiger charge is -2.13. The highest BCUT2D eigenvalue weighted by molar-refractivity contribution is 5.73. The molecule has 0 heterocycles. The van der Waals surface area contributed by atoms with Gasteiger partial charge in [-0.3, -0.25) is 0 Å². The average Bonchev–Trinajstić information content (AvgIpc) is 2.69. The van der Waals surface area contributed by atoms with Gasteiger partial charge in [0.1, 0.15) is 5.75 Å². The first kappa shape index (κ1) is 20.4. The molecule has 2 aromatic carbocycles. The minimum atomic E-state index is -0.200. The Bertz CT molecular complexity index is 734. The lowest BCUT2D eigenvalue weighted by molar-refractivity contribution is 0.240. The zero-order valence-corrected chi connectivity index (χ0v) is 16.2. The summed E-state index contributed by atoms with van der Waals surface area (Å²) in [6, 6.07) is 13.3. The van der Waals surface area contributed by atoms with Gasteiger partial charge >= 0.3 is 6.03 Å². The number of rotatable bonds is 10. The van der Waals surface area contributed by atoms with Gasteiger partial charge in [-0.15, -0.1) is 0 Å². The van der Waals surface area contributed by atoms with E-state index < -0.39 is 0 Å². The largest absolute Gasteiger partial charge is 0.497 e. The van der Waals surface area contributed by atoms with Gasteiger partial charge in [0.05, 0.1) is 20.3 Å². The van der Waals surface area contributed by atoms with E-state index in [1.165, 1.54) is 0 Å². The molecule has 0 saturated heterocycles. The molecule has 2 N–H and O–H groups in total. The van der Waals surface area contributed by atoms with E-state index in [0.29, 0.717) is 32.7 Å². The molecule has 0 aliphatic heterocycles. The number of carbonyl (C=O) groups is 1. The van der Waals surface area contributed by atoms with Crippen molar-refractivity contribution < 1.29 is 19.0 Å². The zero-order chi connectivity index (χ0) is 19.5. The van der Waals surface area contributed by atoms with Crippen molar-refractivity contribution in [3.8, 4) is 17.2 Å². The molecule has 6 nitrogen and oxygen atoms in total. The van der Waals surface area contributed by atoms with Gasteiger partial charge in [0, 0.05) is 13.1 Å². The van der Waals surface area contributed by atoms with Gasteiger partial charge in [0.2, 0.25) is 0 Å². The first-order valence-corrected chi connectivity index (χ1v) is 9.19. The number of carbonyl (C=O) groups excluding carboxylic acids is 1. The van der Waals surface area contributed by atoms with E-state index in [-0.39, 0.29) is 6.03 Å². The van der Waals surface area contributed by atoms with Crippen molar-refractivity contribution in [3.63, 3.8) is 0 Å². The van der Waals surface area contributed by atoms with E-state index in [1.807, 2.05) is 56.3 Å². The minimum absolute atomic E-state index is 0.200. The summed E-state index contributed by atoms with van der Waals surface area (Å²) in [6.07, 6.45) is 0.707. The van der Waals surface area contributed by atoms with E-state index in [0.717, 1.165) is 28.4 Å². The van der Waals surface area contributed by atoms with Gasteiger partial charge in [-0.05, 0) is 55.7 Å². The summed E-state index contributed by atoms with van der Waals surface area (Å²) in [5.74, 6) is 2.25. The summed E-state index contributed by atoms with van der Waals surface area (Å²) in [5, 5.41) is 5.71. The molecular weight excluding hydrogens is 344 g/mol. The van der Waals surface area contributed by atoms with Crippen molar-refractivity contribution >= 4 is 6.03 Å². The van der Waals surface area contributed by atoms with Crippen LogP contribution in [0.3, 0.4) is 0 Å². The van der Waals surface area contributed by atoms with Crippen molar-refractivity contribution in [1.82, 2.24) is 10.6 Å². The highest BCUT2D eigenvalue weighted by Gasteiger charge is 2.07. The summed E-state index contributed by atoms with van der Waals surface area (Å²) in [5.41, 5.74) is 2.06. The summed E-state index contributed by atoms with van der Waals surface area (Å²) in [7, 11) is 1.62. The third-order valence-electron chi connectivity index (χ3n) is 3.89. The van der Waals surface area contributed by atoms with Gasteiger partial charge in [0.15, 0.2) is 11.5 Å². The van der Waals surface area contributed by atoms with E-state index in [4.69, 9.17) is 14.2 Å². The normalized spacial score (nSPS) is 10.2. The number of ether oxygens (including phenoxy) is 3. The number of amides is 2. The molecule has 0 fully saturated rings. The Morgan fingerprint density at radius 2 is 1.70 bits per heavy atom. The molecule has 6 heteroatoms. The molecule has 0 bridgehead atoms. The maximum Gasteiger partial charge on any atom is 0.315 e. The molecule has 2 rings (SSSR count). The van der Waals surface area contributed by atoms with Crippen LogP contribution in [0.5, 0.6) is 17.2 Å². The van der Waals surface area contributed by atoms with Crippen LogP contribution in [0.25, 0.3) is 0 Å². The van der Waals surface area contributed by atoms with Crippen LogP contribution in [0.1, 0.15) is 25.0 Å². The zero-order valence-electron chi connectivity index (χ0n) is 16.2. The molecule has 0 saturated carbocycles. The SMILES string of the molecule is CCOc1ccc(CCNC(=O)NCc2cccc(OC)c2)cc1OCC. The number of benzene rings is 2. The Morgan fingerprint density at radius 3 is 2.44 bits per heavy atom. The van der Waals surface area contributed by atoms with Crippen molar-refractivity contribution in [3.05, 3.63) is 53.6 Å². The fraction of sp³-hybridized carbons (Fsp3) is 0.381. The number of urea groups is 1. The fourth-order valence-corrected chi connectivity index (χ4v) is 2.60. The smallest absolute Gasteiger partial charge is 0.315 e. The predicted octanol–water partition coefficient (Wildman–Crippen LogP) is 3.53. The van der Waals surface area contributed by atoms with Crippen LogP contribution in [-0.4, -0.2) is 32.9 Å². The molecule has 27 heavy (non-hydrogen) atoms. The van der Waals surface area contributed by atoms with Crippen LogP contribution in [0.2, 0.25) is 0 Å². The van der Waals surface area contributed by atoms with E-state index in [2.05, 4.69) is 10.6 Å². The standard InChI is InChI=1S/C21H28N2O4/c1-4-26-19-10-9-16(14-20(19)27-5-2)11-12-22-21(24)23-15-17-7-6-8-18(13-17)25-3/h6-10,13-14H,4-5,11-12,15H2,1-3H3,(H2,22,23,24). The van der Waals surface area contributed by atoms with Crippen LogP contribution in [0.15, 0.2) is 42.5 Å². The van der Waals surface area contributed by atoms with Crippen molar-refractivity contribution in [2.45, 2.75) is 26.8 Å². The Kier molecular flexibility index (Phi) is 8.29. The summed E-state index contributed by atoms with van der Waals surface area (Å²) < 4.78 is 16.4. The Balaban J connectivity index is 1.79. The van der Waals surface area contributed by atoms with Gasteiger partial charge in [0.25, 0.3) is 0 Å². The molecule has 0 spiro atoms. The van der Waals surface area contributed by atoms with Crippen LogP contribution in [0.4, 0.5) is 4.79 Å². The number of nitrogens with one attached hydrogen (secondary N) is 2.